The number of anilines is 1. The number of sulfonamides is 1. The molecule has 128 valence electrons. The Morgan fingerprint density at radius 1 is 1.33 bits per heavy atom. The van der Waals surface area contributed by atoms with Crippen molar-refractivity contribution in [3.05, 3.63) is 46.3 Å². The van der Waals surface area contributed by atoms with Crippen LogP contribution in [-0.4, -0.2) is 27.6 Å². The fourth-order valence-corrected chi connectivity index (χ4v) is 5.00. The molecule has 1 aromatic heterocycles. The fourth-order valence-electron chi connectivity index (χ4n) is 2.50. The van der Waals surface area contributed by atoms with E-state index in [-0.39, 0.29) is 16.5 Å². The van der Waals surface area contributed by atoms with Crippen molar-refractivity contribution in [2.45, 2.75) is 24.8 Å². The van der Waals surface area contributed by atoms with E-state index in [1.807, 2.05) is 0 Å². The summed E-state index contributed by atoms with van der Waals surface area (Å²) in [5, 5.41) is 0.285. The van der Waals surface area contributed by atoms with E-state index < -0.39 is 16.0 Å². The number of rotatable bonds is 5. The molecule has 1 N–H and O–H groups in total. The van der Waals surface area contributed by atoms with Crippen LogP contribution in [0.2, 0.25) is 0 Å². The van der Waals surface area contributed by atoms with Gasteiger partial charge in [-0.1, -0.05) is 18.2 Å². The van der Waals surface area contributed by atoms with Crippen LogP contribution in [0, 0.1) is 0 Å². The number of benzene rings is 1. The molecule has 0 saturated carbocycles. The van der Waals surface area contributed by atoms with Crippen molar-refractivity contribution in [3.8, 4) is 0 Å². The normalized spacial score (nSPS) is 14.0. The third-order valence-electron chi connectivity index (χ3n) is 3.58. The smallest absolute Gasteiger partial charge is 0.341 e. The maximum atomic E-state index is 12.6. The second-order valence-corrected chi connectivity index (χ2v) is 7.94. The van der Waals surface area contributed by atoms with E-state index >= 15 is 0 Å². The number of carbonyl (C=O) groups excluding carboxylic acids is 1. The lowest BCUT2D eigenvalue weighted by Gasteiger charge is -2.13. The Morgan fingerprint density at radius 3 is 2.79 bits per heavy atom. The van der Waals surface area contributed by atoms with E-state index in [2.05, 4.69) is 4.72 Å². The number of ether oxygens (including phenoxy) is 2. The van der Waals surface area contributed by atoms with Crippen molar-refractivity contribution in [2.75, 3.05) is 17.9 Å². The van der Waals surface area contributed by atoms with E-state index in [9.17, 15) is 13.2 Å². The van der Waals surface area contributed by atoms with Crippen molar-refractivity contribution in [1.29, 1.82) is 0 Å². The monoisotopic (exact) mass is 367 g/mol. The van der Waals surface area contributed by atoms with Crippen molar-refractivity contribution in [1.82, 2.24) is 0 Å². The molecule has 2 aromatic rings. The first-order valence-electron chi connectivity index (χ1n) is 7.50. The molecule has 0 amide bonds. The minimum Gasteiger partial charge on any atom is -0.462 e. The molecular formula is C16H17NO5S2. The molecule has 0 bridgehead atoms. The van der Waals surface area contributed by atoms with Gasteiger partial charge in [-0.15, -0.1) is 11.3 Å². The van der Waals surface area contributed by atoms with Crippen LogP contribution < -0.4 is 4.72 Å². The molecule has 1 aromatic carbocycles. The minimum absolute atomic E-state index is 0.141. The molecule has 0 atom stereocenters. The third kappa shape index (κ3) is 3.31. The molecular weight excluding hydrogens is 350 g/mol. The van der Waals surface area contributed by atoms with Gasteiger partial charge in [-0.05, 0) is 31.0 Å². The maximum Gasteiger partial charge on any atom is 0.341 e. The van der Waals surface area contributed by atoms with Crippen LogP contribution in [0.3, 0.4) is 0 Å². The van der Waals surface area contributed by atoms with Crippen LogP contribution in [0.5, 0.6) is 0 Å². The van der Waals surface area contributed by atoms with Crippen LogP contribution in [0.1, 0.15) is 27.7 Å². The summed E-state index contributed by atoms with van der Waals surface area (Å²) in [5.41, 5.74) is 1.12. The average molecular weight is 367 g/mol. The number of esters is 1. The van der Waals surface area contributed by atoms with Crippen molar-refractivity contribution >= 4 is 32.3 Å². The summed E-state index contributed by atoms with van der Waals surface area (Å²) in [5.74, 6) is -0.511. The number of thiophene rings is 1. The number of hydrogen-bond acceptors (Lipinski definition) is 6. The van der Waals surface area contributed by atoms with Gasteiger partial charge in [0, 0.05) is 4.88 Å². The van der Waals surface area contributed by atoms with Gasteiger partial charge in [0.1, 0.15) is 5.00 Å². The summed E-state index contributed by atoms with van der Waals surface area (Å²) in [6.45, 7) is 2.82. The van der Waals surface area contributed by atoms with Crippen LogP contribution in [0.15, 0.2) is 35.2 Å². The fraction of sp³-hybridized carbons (Fsp3) is 0.312. The number of nitrogens with one attached hydrogen (secondary N) is 1. The molecule has 3 rings (SSSR count). The zero-order chi connectivity index (χ0) is 17.2. The molecule has 1 aliphatic heterocycles. The Bertz CT molecular complexity index is 843. The van der Waals surface area contributed by atoms with Crippen LogP contribution in [0.25, 0.3) is 0 Å². The Balaban J connectivity index is 2.01. The van der Waals surface area contributed by atoms with E-state index in [1.54, 1.807) is 25.1 Å². The van der Waals surface area contributed by atoms with Crippen molar-refractivity contribution in [3.63, 3.8) is 0 Å². The Morgan fingerprint density at radius 2 is 2.08 bits per heavy atom. The van der Waals surface area contributed by atoms with Gasteiger partial charge in [0.05, 0.1) is 30.3 Å². The lowest BCUT2D eigenvalue weighted by atomic mass is 10.1. The topological polar surface area (TPSA) is 81.7 Å². The molecule has 6 nitrogen and oxygen atoms in total. The second kappa shape index (κ2) is 6.92. The Labute approximate surface area is 144 Å². The summed E-state index contributed by atoms with van der Waals surface area (Å²) in [6, 6.07) is 8.04. The Hall–Kier alpha value is -1.90. The molecule has 24 heavy (non-hydrogen) atoms. The molecule has 0 radical (unpaired) electrons. The maximum absolute atomic E-state index is 12.6. The number of carbonyl (C=O) groups is 1. The predicted molar refractivity (Wildman–Crippen MR) is 90.9 cm³/mol. The lowest BCUT2D eigenvalue weighted by Crippen LogP contribution is -2.17. The minimum atomic E-state index is -3.77. The average Bonchev–Trinajstić information content (AvgIpc) is 2.93. The molecule has 0 unspecified atom stereocenters. The lowest BCUT2D eigenvalue weighted by molar-refractivity contribution is 0.0524. The number of hydrogen-bond donors (Lipinski definition) is 1. The zero-order valence-electron chi connectivity index (χ0n) is 13.1. The molecule has 8 heteroatoms. The summed E-state index contributed by atoms with van der Waals surface area (Å²) >= 11 is 1.22. The first-order valence-corrected chi connectivity index (χ1v) is 9.80. The molecule has 0 fully saturated rings. The van der Waals surface area contributed by atoms with E-state index in [0.717, 1.165) is 10.4 Å². The highest BCUT2D eigenvalue weighted by molar-refractivity contribution is 7.93. The molecule has 0 aliphatic carbocycles. The summed E-state index contributed by atoms with van der Waals surface area (Å²) in [7, 11) is -3.77. The van der Waals surface area contributed by atoms with Gasteiger partial charge in [-0.2, -0.15) is 0 Å². The Kier molecular flexibility index (Phi) is 4.88. The van der Waals surface area contributed by atoms with Crippen molar-refractivity contribution < 1.29 is 22.7 Å². The SMILES string of the molecule is CCOC(=O)c1c(NS(=O)(=O)c2ccccc2)sc2c1CCOC2. The van der Waals surface area contributed by atoms with Gasteiger partial charge in [0.15, 0.2) is 0 Å². The highest BCUT2D eigenvalue weighted by Gasteiger charge is 2.29. The largest absolute Gasteiger partial charge is 0.462 e. The summed E-state index contributed by atoms with van der Waals surface area (Å²) in [4.78, 5) is 13.3. The van der Waals surface area contributed by atoms with Crippen LogP contribution >= 0.6 is 11.3 Å². The highest BCUT2D eigenvalue weighted by Crippen LogP contribution is 2.38. The third-order valence-corrected chi connectivity index (χ3v) is 6.20. The number of fused-ring (bicyclic) bond motifs is 1. The highest BCUT2D eigenvalue weighted by atomic mass is 32.2. The molecule has 2 heterocycles. The van der Waals surface area contributed by atoms with Gasteiger partial charge in [0.2, 0.25) is 0 Å². The van der Waals surface area contributed by atoms with Gasteiger partial charge in [-0.25, -0.2) is 13.2 Å². The first-order chi connectivity index (χ1) is 11.5. The standard InChI is InChI=1S/C16H17NO5S2/c1-2-22-16(18)14-12-8-9-21-10-13(12)23-15(14)17-24(19,20)11-6-4-3-5-7-11/h3-7,17H,2,8-10H2,1H3. The summed E-state index contributed by atoms with van der Waals surface area (Å²) < 4.78 is 38.2. The quantitative estimate of drug-likeness (QED) is 0.822. The molecule has 0 spiro atoms. The van der Waals surface area contributed by atoms with Crippen LogP contribution in [0.4, 0.5) is 5.00 Å². The van der Waals surface area contributed by atoms with Gasteiger partial charge < -0.3 is 9.47 Å². The molecule has 1 aliphatic rings. The predicted octanol–water partition coefficient (Wildman–Crippen LogP) is 2.80. The van der Waals surface area contributed by atoms with Gasteiger partial charge in [0.25, 0.3) is 10.0 Å². The van der Waals surface area contributed by atoms with Gasteiger partial charge >= 0.3 is 5.97 Å². The first kappa shape index (κ1) is 16.9. The second-order valence-electron chi connectivity index (χ2n) is 5.15. The van der Waals surface area contributed by atoms with Crippen molar-refractivity contribution in [2.24, 2.45) is 0 Å². The molecule has 0 saturated heterocycles. The van der Waals surface area contributed by atoms with E-state index in [0.29, 0.717) is 25.2 Å². The van der Waals surface area contributed by atoms with Crippen LogP contribution in [-0.2, 0) is 32.5 Å². The van der Waals surface area contributed by atoms with Gasteiger partial charge in [-0.3, -0.25) is 4.72 Å². The zero-order valence-corrected chi connectivity index (χ0v) is 14.7. The van der Waals surface area contributed by atoms with E-state index in [4.69, 9.17) is 9.47 Å². The van der Waals surface area contributed by atoms with E-state index in [1.165, 1.54) is 23.5 Å². The summed E-state index contributed by atoms with van der Waals surface area (Å²) in [6.07, 6.45) is 0.563.